The Balaban J connectivity index is 1.74. The zero-order chi connectivity index (χ0) is 20.2. The van der Waals surface area contributed by atoms with E-state index in [9.17, 15) is 9.59 Å². The van der Waals surface area contributed by atoms with Crippen LogP contribution in [0.4, 0.5) is 5.69 Å². The number of aromatic nitrogens is 3. The second kappa shape index (κ2) is 7.93. The van der Waals surface area contributed by atoms with Crippen LogP contribution in [0.25, 0.3) is 10.8 Å². The molecule has 0 radical (unpaired) electrons. The largest absolute Gasteiger partial charge is 0.481 e. The van der Waals surface area contributed by atoms with Gasteiger partial charge in [0.1, 0.15) is 0 Å². The third-order valence-electron chi connectivity index (χ3n) is 4.46. The molecule has 0 spiro atoms. The zero-order valence-corrected chi connectivity index (χ0v) is 15.7. The van der Waals surface area contributed by atoms with Crippen LogP contribution in [0.3, 0.4) is 0 Å². The molecule has 4 aromatic rings. The van der Waals surface area contributed by atoms with Gasteiger partial charge in [-0.1, -0.05) is 48.5 Å². The van der Waals surface area contributed by atoms with Gasteiger partial charge in [-0.25, -0.2) is 9.67 Å². The first-order valence-corrected chi connectivity index (χ1v) is 9.01. The van der Waals surface area contributed by atoms with E-state index in [1.807, 2.05) is 30.3 Å². The van der Waals surface area contributed by atoms with E-state index in [1.54, 1.807) is 36.4 Å². The van der Waals surface area contributed by atoms with E-state index < -0.39 is 5.91 Å². The summed E-state index contributed by atoms with van der Waals surface area (Å²) in [6.07, 6.45) is 1.50. The summed E-state index contributed by atoms with van der Waals surface area (Å²) in [4.78, 5) is 29.9. The molecule has 1 amide bonds. The molecule has 4 rings (SSSR count). The first kappa shape index (κ1) is 18.4. The van der Waals surface area contributed by atoms with Gasteiger partial charge in [0.25, 0.3) is 11.5 Å². The number of hydrogen-bond acceptors (Lipinski definition) is 5. The lowest BCUT2D eigenvalue weighted by Crippen LogP contribution is -2.28. The van der Waals surface area contributed by atoms with Crippen molar-refractivity contribution in [3.05, 3.63) is 94.5 Å². The van der Waals surface area contributed by atoms with Gasteiger partial charge in [-0.05, 0) is 17.7 Å². The number of ether oxygens (including phenoxy) is 1. The number of carbonyl (C=O) groups is 1. The van der Waals surface area contributed by atoms with Crippen LogP contribution >= 0.6 is 0 Å². The summed E-state index contributed by atoms with van der Waals surface area (Å²) >= 11 is 0. The lowest BCUT2D eigenvalue weighted by Gasteiger charge is -2.11. The number of anilines is 1. The normalized spacial score (nSPS) is 10.7. The Morgan fingerprint density at radius 1 is 1.00 bits per heavy atom. The summed E-state index contributed by atoms with van der Waals surface area (Å²) in [6, 6.07) is 19.8. The number of hydrogen-bond donors (Lipinski definition) is 1. The highest BCUT2D eigenvalue weighted by Crippen LogP contribution is 2.17. The van der Waals surface area contributed by atoms with Gasteiger partial charge in [0.2, 0.25) is 5.88 Å². The first-order chi connectivity index (χ1) is 14.2. The molecule has 144 valence electrons. The molecule has 1 N–H and O–H groups in total. The van der Waals surface area contributed by atoms with Gasteiger partial charge in [-0.3, -0.25) is 9.59 Å². The van der Waals surface area contributed by atoms with Gasteiger partial charge in [0.05, 0.1) is 30.9 Å². The number of carbonyl (C=O) groups excluding carboxylic acids is 1. The van der Waals surface area contributed by atoms with Crippen molar-refractivity contribution in [1.82, 2.24) is 14.8 Å². The predicted octanol–water partition coefficient (Wildman–Crippen LogP) is 3.10. The fraction of sp³-hybridized carbons (Fsp3) is 0.0909. The monoisotopic (exact) mass is 386 g/mol. The molecule has 0 saturated heterocycles. The maximum atomic E-state index is 13.0. The Labute approximate surface area is 166 Å². The standard InChI is InChI=1S/C22H18N4O3/c1-29-19-12-11-16(13-23-19)24-21(27)20-17-9-5-6-10-18(17)22(28)26(25-20)14-15-7-3-2-4-8-15/h2-13H,14H2,1H3,(H,24,27). The van der Waals surface area contributed by atoms with Gasteiger partial charge in [0.15, 0.2) is 5.69 Å². The van der Waals surface area contributed by atoms with E-state index >= 15 is 0 Å². The second-order valence-corrected chi connectivity index (χ2v) is 6.39. The van der Waals surface area contributed by atoms with Gasteiger partial charge >= 0.3 is 0 Å². The van der Waals surface area contributed by atoms with Crippen molar-refractivity contribution >= 4 is 22.4 Å². The summed E-state index contributed by atoms with van der Waals surface area (Å²) < 4.78 is 6.35. The number of rotatable bonds is 5. The van der Waals surface area contributed by atoms with E-state index in [0.29, 0.717) is 22.3 Å². The molecule has 0 aliphatic rings. The fourth-order valence-electron chi connectivity index (χ4n) is 3.03. The highest BCUT2D eigenvalue weighted by Gasteiger charge is 2.17. The van der Waals surface area contributed by atoms with Crippen molar-refractivity contribution in [3.8, 4) is 5.88 Å². The Hall–Kier alpha value is -4.00. The van der Waals surface area contributed by atoms with Gasteiger partial charge in [-0.15, -0.1) is 0 Å². The topological polar surface area (TPSA) is 86.1 Å². The van der Waals surface area contributed by atoms with Crippen LogP contribution in [0.15, 0.2) is 77.7 Å². The van der Waals surface area contributed by atoms with Crippen LogP contribution in [0.2, 0.25) is 0 Å². The van der Waals surface area contributed by atoms with Gasteiger partial charge in [-0.2, -0.15) is 5.10 Å². The zero-order valence-electron chi connectivity index (χ0n) is 15.7. The van der Waals surface area contributed by atoms with E-state index in [-0.39, 0.29) is 17.8 Å². The molecule has 0 unspecified atom stereocenters. The second-order valence-electron chi connectivity index (χ2n) is 6.39. The summed E-state index contributed by atoms with van der Waals surface area (Å²) in [6.45, 7) is 0.273. The maximum absolute atomic E-state index is 13.0. The predicted molar refractivity (Wildman–Crippen MR) is 110 cm³/mol. The number of nitrogens with zero attached hydrogens (tertiary/aromatic N) is 3. The molecular formula is C22H18N4O3. The summed E-state index contributed by atoms with van der Waals surface area (Å²) in [7, 11) is 1.52. The lowest BCUT2D eigenvalue weighted by molar-refractivity contribution is 0.102. The number of methoxy groups -OCH3 is 1. The van der Waals surface area contributed by atoms with Crippen LogP contribution in [0.1, 0.15) is 16.1 Å². The number of pyridine rings is 1. The summed E-state index contributed by atoms with van der Waals surface area (Å²) in [5.74, 6) is 0.0259. The smallest absolute Gasteiger partial charge is 0.276 e. The third kappa shape index (κ3) is 3.84. The lowest BCUT2D eigenvalue weighted by atomic mass is 10.1. The van der Waals surface area contributed by atoms with Crippen LogP contribution in [-0.4, -0.2) is 27.8 Å². The average molecular weight is 386 g/mol. The number of nitrogens with one attached hydrogen (secondary N) is 1. The molecule has 2 aromatic carbocycles. The Kier molecular flexibility index (Phi) is 5.03. The Morgan fingerprint density at radius 3 is 2.41 bits per heavy atom. The average Bonchev–Trinajstić information content (AvgIpc) is 2.77. The highest BCUT2D eigenvalue weighted by atomic mass is 16.5. The van der Waals surface area contributed by atoms with Crippen molar-refractivity contribution in [3.63, 3.8) is 0 Å². The SMILES string of the molecule is COc1ccc(NC(=O)c2nn(Cc3ccccc3)c(=O)c3ccccc23)cn1. The van der Waals surface area contributed by atoms with Crippen molar-refractivity contribution in [2.75, 3.05) is 12.4 Å². The van der Waals surface area contributed by atoms with E-state index in [1.165, 1.54) is 18.0 Å². The van der Waals surface area contributed by atoms with Crippen molar-refractivity contribution in [2.24, 2.45) is 0 Å². The molecule has 0 aliphatic carbocycles. The molecule has 0 bridgehead atoms. The molecular weight excluding hydrogens is 368 g/mol. The maximum Gasteiger partial charge on any atom is 0.276 e. The fourth-order valence-corrected chi connectivity index (χ4v) is 3.03. The van der Waals surface area contributed by atoms with E-state index in [0.717, 1.165) is 5.56 Å². The summed E-state index contributed by atoms with van der Waals surface area (Å²) in [5.41, 5.74) is 1.35. The molecule has 0 aliphatic heterocycles. The van der Waals surface area contributed by atoms with Gasteiger partial charge < -0.3 is 10.1 Å². The molecule has 7 nitrogen and oxygen atoms in total. The molecule has 0 fully saturated rings. The molecule has 2 heterocycles. The minimum Gasteiger partial charge on any atom is -0.481 e. The minimum atomic E-state index is -0.421. The minimum absolute atomic E-state index is 0.173. The summed E-state index contributed by atoms with van der Waals surface area (Å²) in [5, 5.41) is 8.09. The van der Waals surface area contributed by atoms with Crippen molar-refractivity contribution in [2.45, 2.75) is 6.54 Å². The Bertz CT molecular complexity index is 1220. The van der Waals surface area contributed by atoms with Gasteiger partial charge in [0, 0.05) is 11.5 Å². The Morgan fingerprint density at radius 2 is 1.72 bits per heavy atom. The van der Waals surface area contributed by atoms with Crippen molar-refractivity contribution in [1.29, 1.82) is 0 Å². The molecule has 0 atom stereocenters. The number of benzene rings is 2. The molecule has 2 aromatic heterocycles. The third-order valence-corrected chi connectivity index (χ3v) is 4.46. The number of fused-ring (bicyclic) bond motifs is 1. The quantitative estimate of drug-likeness (QED) is 0.570. The van der Waals surface area contributed by atoms with Crippen molar-refractivity contribution < 1.29 is 9.53 Å². The van der Waals surface area contributed by atoms with Crippen LogP contribution in [0.5, 0.6) is 5.88 Å². The van der Waals surface area contributed by atoms with Crippen LogP contribution in [-0.2, 0) is 6.54 Å². The molecule has 29 heavy (non-hydrogen) atoms. The number of amides is 1. The molecule has 0 saturated carbocycles. The van der Waals surface area contributed by atoms with E-state index in [4.69, 9.17) is 4.74 Å². The first-order valence-electron chi connectivity index (χ1n) is 9.01. The van der Waals surface area contributed by atoms with Crippen LogP contribution in [0, 0.1) is 0 Å². The molecule has 7 heteroatoms. The van der Waals surface area contributed by atoms with E-state index in [2.05, 4.69) is 15.4 Å². The highest BCUT2D eigenvalue weighted by molar-refractivity contribution is 6.11. The van der Waals surface area contributed by atoms with Crippen LogP contribution < -0.4 is 15.6 Å².